The lowest BCUT2D eigenvalue weighted by atomic mass is 9.90. The number of fused-ring (bicyclic) bond motifs is 1. The van der Waals surface area contributed by atoms with Crippen molar-refractivity contribution in [3.05, 3.63) is 63.8 Å². The van der Waals surface area contributed by atoms with E-state index in [1.807, 2.05) is 38.1 Å². The van der Waals surface area contributed by atoms with Gasteiger partial charge in [-0.3, -0.25) is 4.79 Å². The van der Waals surface area contributed by atoms with Crippen LogP contribution in [0.1, 0.15) is 35.3 Å². The molecule has 31 heavy (non-hydrogen) atoms. The van der Waals surface area contributed by atoms with E-state index >= 15 is 0 Å². The maximum atomic E-state index is 13.3. The van der Waals surface area contributed by atoms with Gasteiger partial charge in [0.15, 0.2) is 11.5 Å². The van der Waals surface area contributed by atoms with Gasteiger partial charge in [0, 0.05) is 22.6 Å². The molecule has 0 spiro atoms. The Morgan fingerprint density at radius 1 is 1.16 bits per heavy atom. The molecule has 8 heteroatoms. The van der Waals surface area contributed by atoms with Crippen LogP contribution < -0.4 is 14.8 Å². The summed E-state index contributed by atoms with van der Waals surface area (Å²) in [7, 11) is -2.20. The molecule has 1 aromatic heterocycles. The Labute approximate surface area is 185 Å². The molecular weight excluding hydrogens is 434 g/mol. The van der Waals surface area contributed by atoms with Gasteiger partial charge in [0.1, 0.15) is 4.90 Å². The third-order valence-corrected chi connectivity index (χ3v) is 8.26. The van der Waals surface area contributed by atoms with E-state index in [1.54, 1.807) is 30.7 Å². The second kappa shape index (κ2) is 8.36. The number of methoxy groups -OCH3 is 1. The molecule has 1 aliphatic heterocycles. The van der Waals surface area contributed by atoms with Gasteiger partial charge in [-0.25, -0.2) is 8.42 Å². The maximum absolute atomic E-state index is 13.3. The summed E-state index contributed by atoms with van der Waals surface area (Å²) in [6.07, 6.45) is 0.231. The van der Waals surface area contributed by atoms with Gasteiger partial charge in [-0.2, -0.15) is 0 Å². The van der Waals surface area contributed by atoms with Crippen molar-refractivity contribution in [1.82, 2.24) is 0 Å². The van der Waals surface area contributed by atoms with Crippen molar-refractivity contribution in [2.75, 3.05) is 19.0 Å². The standard InChI is InChI=1S/C23H23NO5S2/c1-4-29-18-9-8-15(11-19(18)28-3)17-12-21(25)24-22-20(13-30-23(17)22)31(26,27)16-7-5-6-14(2)10-16/h5-11,13,17H,4,12H2,1-3H3,(H,24,25)/t17-/m0/s1. The quantitative estimate of drug-likeness (QED) is 0.577. The van der Waals surface area contributed by atoms with Gasteiger partial charge < -0.3 is 14.8 Å². The highest BCUT2D eigenvalue weighted by atomic mass is 32.2. The molecule has 0 saturated heterocycles. The summed E-state index contributed by atoms with van der Waals surface area (Å²) in [4.78, 5) is 13.7. The number of thiophene rings is 1. The van der Waals surface area contributed by atoms with Crippen LogP contribution in [0.25, 0.3) is 0 Å². The fourth-order valence-corrected chi connectivity index (χ4v) is 6.77. The molecular formula is C23H23NO5S2. The Morgan fingerprint density at radius 2 is 1.97 bits per heavy atom. The van der Waals surface area contributed by atoms with Gasteiger partial charge in [0.25, 0.3) is 0 Å². The smallest absolute Gasteiger partial charge is 0.225 e. The van der Waals surface area contributed by atoms with E-state index in [9.17, 15) is 13.2 Å². The highest BCUT2D eigenvalue weighted by Crippen LogP contribution is 2.47. The molecule has 0 aliphatic carbocycles. The Kier molecular flexibility index (Phi) is 5.77. The first-order valence-electron chi connectivity index (χ1n) is 9.89. The third-order valence-electron chi connectivity index (χ3n) is 5.24. The van der Waals surface area contributed by atoms with Gasteiger partial charge in [-0.05, 0) is 49.2 Å². The van der Waals surface area contributed by atoms with Gasteiger partial charge in [-0.15, -0.1) is 11.3 Å². The first-order valence-corrected chi connectivity index (χ1v) is 12.2. The van der Waals surface area contributed by atoms with Crippen molar-refractivity contribution in [3.63, 3.8) is 0 Å². The maximum Gasteiger partial charge on any atom is 0.225 e. The van der Waals surface area contributed by atoms with Gasteiger partial charge in [-0.1, -0.05) is 18.2 Å². The van der Waals surface area contributed by atoms with Crippen LogP contribution >= 0.6 is 11.3 Å². The zero-order valence-corrected chi connectivity index (χ0v) is 19.1. The number of sulfone groups is 1. The molecule has 0 radical (unpaired) electrons. The highest BCUT2D eigenvalue weighted by molar-refractivity contribution is 7.91. The molecule has 4 rings (SSSR count). The molecule has 2 aromatic carbocycles. The summed E-state index contributed by atoms with van der Waals surface area (Å²) in [5.74, 6) is 0.725. The molecule has 1 atom stereocenters. The third kappa shape index (κ3) is 3.93. The largest absolute Gasteiger partial charge is 0.493 e. The minimum atomic E-state index is -3.76. The lowest BCUT2D eigenvalue weighted by molar-refractivity contribution is -0.116. The number of hydrogen-bond acceptors (Lipinski definition) is 6. The number of rotatable bonds is 6. The minimum Gasteiger partial charge on any atom is -0.493 e. The Bertz CT molecular complexity index is 1250. The molecule has 0 saturated carbocycles. The van der Waals surface area contributed by atoms with Crippen LogP contribution in [0.2, 0.25) is 0 Å². The normalized spacial score (nSPS) is 15.8. The zero-order chi connectivity index (χ0) is 22.2. The summed E-state index contributed by atoms with van der Waals surface area (Å²) >= 11 is 1.34. The van der Waals surface area contributed by atoms with Crippen molar-refractivity contribution in [1.29, 1.82) is 0 Å². The van der Waals surface area contributed by atoms with E-state index in [0.717, 1.165) is 16.0 Å². The number of nitrogens with one attached hydrogen (secondary N) is 1. The number of carbonyl (C=O) groups is 1. The van der Waals surface area contributed by atoms with E-state index in [-0.39, 0.29) is 28.0 Å². The number of anilines is 1. The van der Waals surface area contributed by atoms with Crippen LogP contribution in [-0.2, 0) is 14.6 Å². The molecule has 1 amide bonds. The average Bonchev–Trinajstić information content (AvgIpc) is 3.18. The summed E-state index contributed by atoms with van der Waals surface area (Å²) < 4.78 is 37.7. The number of amides is 1. The predicted octanol–water partition coefficient (Wildman–Crippen LogP) is 4.77. The topological polar surface area (TPSA) is 81.7 Å². The molecule has 3 aromatic rings. The lowest BCUT2D eigenvalue weighted by Gasteiger charge is -2.24. The fraction of sp³-hybridized carbons (Fsp3) is 0.261. The SMILES string of the molecule is CCOc1ccc([C@@H]2CC(=O)Nc3c(S(=O)(=O)c4cccc(C)c4)csc32)cc1OC. The summed E-state index contributed by atoms with van der Waals surface area (Å²) in [6.45, 7) is 4.25. The van der Waals surface area contributed by atoms with Crippen LogP contribution in [0.15, 0.2) is 57.6 Å². The summed E-state index contributed by atoms with van der Waals surface area (Å²) in [5, 5.41) is 4.41. The van der Waals surface area contributed by atoms with Crippen molar-refractivity contribution < 1.29 is 22.7 Å². The van der Waals surface area contributed by atoms with Gasteiger partial charge in [0.2, 0.25) is 15.7 Å². The minimum absolute atomic E-state index is 0.133. The second-order valence-electron chi connectivity index (χ2n) is 7.31. The number of aryl methyl sites for hydroxylation is 1. The fourth-order valence-electron chi connectivity index (χ4n) is 3.76. The number of hydrogen-bond donors (Lipinski definition) is 1. The van der Waals surface area contributed by atoms with Crippen LogP contribution in [0.4, 0.5) is 5.69 Å². The van der Waals surface area contributed by atoms with E-state index < -0.39 is 9.84 Å². The second-order valence-corrected chi connectivity index (χ2v) is 10.1. The van der Waals surface area contributed by atoms with Gasteiger partial charge >= 0.3 is 0 Å². The van der Waals surface area contributed by atoms with Crippen molar-refractivity contribution in [3.8, 4) is 11.5 Å². The van der Waals surface area contributed by atoms with Crippen LogP contribution in [0, 0.1) is 6.92 Å². The predicted molar refractivity (Wildman–Crippen MR) is 120 cm³/mol. The lowest BCUT2D eigenvalue weighted by Crippen LogP contribution is -2.23. The molecule has 162 valence electrons. The van der Waals surface area contributed by atoms with Crippen LogP contribution in [-0.4, -0.2) is 28.0 Å². The average molecular weight is 458 g/mol. The molecule has 0 unspecified atom stereocenters. The number of carbonyl (C=O) groups excluding carboxylic acids is 1. The Morgan fingerprint density at radius 3 is 2.68 bits per heavy atom. The number of benzene rings is 2. The van der Waals surface area contributed by atoms with E-state index in [1.165, 1.54) is 11.3 Å². The van der Waals surface area contributed by atoms with Gasteiger partial charge in [0.05, 0.1) is 24.3 Å². The van der Waals surface area contributed by atoms with E-state index in [4.69, 9.17) is 9.47 Å². The van der Waals surface area contributed by atoms with Crippen molar-refractivity contribution in [2.24, 2.45) is 0 Å². The summed E-state index contributed by atoms with van der Waals surface area (Å²) in [5.41, 5.74) is 2.10. The molecule has 1 N–H and O–H groups in total. The molecule has 0 fully saturated rings. The molecule has 1 aliphatic rings. The molecule has 2 heterocycles. The van der Waals surface area contributed by atoms with E-state index in [2.05, 4.69) is 5.32 Å². The Hall–Kier alpha value is -2.84. The summed E-state index contributed by atoms with van der Waals surface area (Å²) in [6, 6.07) is 12.3. The van der Waals surface area contributed by atoms with Crippen LogP contribution in [0.5, 0.6) is 11.5 Å². The highest BCUT2D eigenvalue weighted by Gasteiger charge is 2.34. The molecule has 6 nitrogen and oxygen atoms in total. The molecule has 0 bridgehead atoms. The van der Waals surface area contributed by atoms with Crippen molar-refractivity contribution in [2.45, 2.75) is 36.0 Å². The van der Waals surface area contributed by atoms with Crippen molar-refractivity contribution >= 4 is 32.8 Å². The Balaban J connectivity index is 1.79. The zero-order valence-electron chi connectivity index (χ0n) is 17.5. The van der Waals surface area contributed by atoms with E-state index in [0.29, 0.717) is 23.8 Å². The first-order chi connectivity index (χ1) is 14.8. The monoisotopic (exact) mass is 457 g/mol. The number of ether oxygens (including phenoxy) is 2. The first kappa shape index (κ1) is 21.4. The van der Waals surface area contributed by atoms with Crippen LogP contribution in [0.3, 0.4) is 0 Å².